The molecule has 2 aromatic rings. The molecule has 92 valence electrons. The first kappa shape index (κ1) is 12.3. The van der Waals surface area contributed by atoms with Gasteiger partial charge in [-0.3, -0.25) is 0 Å². The Morgan fingerprint density at radius 1 is 1.28 bits per heavy atom. The lowest BCUT2D eigenvalue weighted by atomic mass is 10.2. The monoisotopic (exact) mass is 263 g/mol. The summed E-state index contributed by atoms with van der Waals surface area (Å²) in [6, 6.07) is 8.97. The van der Waals surface area contributed by atoms with Gasteiger partial charge in [-0.2, -0.15) is 0 Å². The Morgan fingerprint density at radius 2 is 2.00 bits per heavy atom. The number of benzene rings is 1. The zero-order chi connectivity index (χ0) is 13.0. The van der Waals surface area contributed by atoms with Gasteiger partial charge in [-0.15, -0.1) is 0 Å². The molecule has 0 spiro atoms. The summed E-state index contributed by atoms with van der Waals surface area (Å²) in [5.41, 5.74) is 1.02. The first-order valence-corrected chi connectivity index (χ1v) is 5.57. The van der Waals surface area contributed by atoms with Crippen molar-refractivity contribution < 1.29 is 9.90 Å². The van der Waals surface area contributed by atoms with Gasteiger partial charge < -0.3 is 10.4 Å². The van der Waals surface area contributed by atoms with Crippen LogP contribution in [0.1, 0.15) is 16.2 Å². The van der Waals surface area contributed by atoms with Gasteiger partial charge >= 0.3 is 5.97 Å². The van der Waals surface area contributed by atoms with E-state index in [1.54, 1.807) is 18.2 Å². The van der Waals surface area contributed by atoms with E-state index in [2.05, 4.69) is 15.3 Å². The highest BCUT2D eigenvalue weighted by Crippen LogP contribution is 2.11. The standard InChI is InChI=1S/C12H10ClN3O2/c13-9-3-1-8(2-4-9)7-15-10-5-6-14-11(16-10)12(17)18/h1-6H,7H2,(H,17,18)(H,14,15,16). The van der Waals surface area contributed by atoms with E-state index in [0.29, 0.717) is 17.4 Å². The topological polar surface area (TPSA) is 75.1 Å². The molecule has 0 amide bonds. The van der Waals surface area contributed by atoms with Crippen molar-refractivity contribution in [3.05, 3.63) is 52.9 Å². The summed E-state index contributed by atoms with van der Waals surface area (Å²) in [5.74, 6) is -0.904. The Kier molecular flexibility index (Phi) is 3.74. The van der Waals surface area contributed by atoms with E-state index < -0.39 is 5.97 Å². The van der Waals surface area contributed by atoms with E-state index in [9.17, 15) is 4.79 Å². The number of nitrogens with one attached hydrogen (secondary N) is 1. The third-order valence-electron chi connectivity index (χ3n) is 2.23. The highest BCUT2D eigenvalue weighted by molar-refractivity contribution is 6.30. The Morgan fingerprint density at radius 3 is 2.67 bits per heavy atom. The third-order valence-corrected chi connectivity index (χ3v) is 2.49. The van der Waals surface area contributed by atoms with Crippen molar-refractivity contribution in [2.24, 2.45) is 0 Å². The van der Waals surface area contributed by atoms with Gasteiger partial charge in [0.15, 0.2) is 0 Å². The normalized spacial score (nSPS) is 10.1. The van der Waals surface area contributed by atoms with Crippen LogP contribution >= 0.6 is 11.6 Å². The number of rotatable bonds is 4. The largest absolute Gasteiger partial charge is 0.475 e. The van der Waals surface area contributed by atoms with Crippen LogP contribution in [0, 0.1) is 0 Å². The lowest BCUT2D eigenvalue weighted by Gasteiger charge is -2.05. The lowest BCUT2D eigenvalue weighted by Crippen LogP contribution is -2.07. The highest BCUT2D eigenvalue weighted by Gasteiger charge is 2.06. The molecule has 0 fully saturated rings. The second kappa shape index (κ2) is 5.46. The van der Waals surface area contributed by atoms with Gasteiger partial charge in [-0.25, -0.2) is 14.8 Å². The van der Waals surface area contributed by atoms with E-state index in [1.165, 1.54) is 6.20 Å². The number of halogens is 1. The van der Waals surface area contributed by atoms with Crippen LogP contribution in [0.5, 0.6) is 0 Å². The van der Waals surface area contributed by atoms with Crippen molar-refractivity contribution in [2.45, 2.75) is 6.54 Å². The molecule has 2 rings (SSSR count). The number of hydrogen-bond donors (Lipinski definition) is 2. The zero-order valence-electron chi connectivity index (χ0n) is 9.30. The van der Waals surface area contributed by atoms with Crippen LogP contribution in [0.3, 0.4) is 0 Å². The number of aromatic carboxylic acids is 1. The van der Waals surface area contributed by atoms with E-state index >= 15 is 0 Å². The van der Waals surface area contributed by atoms with Crippen LogP contribution in [0.15, 0.2) is 36.5 Å². The second-order valence-electron chi connectivity index (χ2n) is 3.55. The van der Waals surface area contributed by atoms with Gasteiger partial charge in [0.05, 0.1) is 0 Å². The molecule has 1 aromatic carbocycles. The molecule has 0 saturated heterocycles. The summed E-state index contributed by atoms with van der Waals surface area (Å²) >= 11 is 5.78. The molecule has 2 N–H and O–H groups in total. The molecular formula is C12H10ClN3O2. The van der Waals surface area contributed by atoms with E-state index in [0.717, 1.165) is 5.56 Å². The van der Waals surface area contributed by atoms with Crippen LogP contribution in [-0.4, -0.2) is 21.0 Å². The van der Waals surface area contributed by atoms with Crippen molar-refractivity contribution in [1.82, 2.24) is 9.97 Å². The van der Waals surface area contributed by atoms with Gasteiger partial charge in [0.1, 0.15) is 5.82 Å². The van der Waals surface area contributed by atoms with Gasteiger partial charge in [0.2, 0.25) is 5.82 Å². The molecule has 0 radical (unpaired) electrons. The first-order valence-electron chi connectivity index (χ1n) is 5.20. The van der Waals surface area contributed by atoms with Gasteiger partial charge in [-0.1, -0.05) is 23.7 Å². The predicted molar refractivity (Wildman–Crippen MR) is 67.8 cm³/mol. The smallest absolute Gasteiger partial charge is 0.374 e. The molecule has 0 aliphatic heterocycles. The van der Waals surface area contributed by atoms with Gasteiger partial charge in [-0.05, 0) is 23.8 Å². The molecule has 0 unspecified atom stereocenters. The maximum atomic E-state index is 10.7. The molecule has 6 heteroatoms. The maximum absolute atomic E-state index is 10.7. The number of hydrogen-bond acceptors (Lipinski definition) is 4. The van der Waals surface area contributed by atoms with Crippen LogP contribution in [0.2, 0.25) is 5.02 Å². The number of nitrogens with zero attached hydrogens (tertiary/aromatic N) is 2. The van der Waals surface area contributed by atoms with Crippen molar-refractivity contribution in [2.75, 3.05) is 5.32 Å². The molecule has 1 aromatic heterocycles. The summed E-state index contributed by atoms with van der Waals surface area (Å²) < 4.78 is 0. The summed E-state index contributed by atoms with van der Waals surface area (Å²) in [5, 5.41) is 12.5. The molecular weight excluding hydrogens is 254 g/mol. The molecule has 18 heavy (non-hydrogen) atoms. The Bertz CT molecular complexity index is 558. The molecule has 0 saturated carbocycles. The number of carboxylic acid groups (broad SMARTS) is 1. The minimum atomic E-state index is -1.15. The second-order valence-corrected chi connectivity index (χ2v) is 3.99. The van der Waals surface area contributed by atoms with E-state index in [4.69, 9.17) is 16.7 Å². The average molecular weight is 264 g/mol. The van der Waals surface area contributed by atoms with Crippen molar-refractivity contribution in [3.8, 4) is 0 Å². The zero-order valence-corrected chi connectivity index (χ0v) is 10.1. The van der Waals surface area contributed by atoms with Crippen molar-refractivity contribution in [3.63, 3.8) is 0 Å². The Labute approximate surface area is 108 Å². The van der Waals surface area contributed by atoms with Crippen LogP contribution in [0.25, 0.3) is 0 Å². The van der Waals surface area contributed by atoms with E-state index in [-0.39, 0.29) is 5.82 Å². The van der Waals surface area contributed by atoms with Crippen molar-refractivity contribution in [1.29, 1.82) is 0 Å². The lowest BCUT2D eigenvalue weighted by molar-refractivity contribution is 0.0683. The minimum Gasteiger partial charge on any atom is -0.475 e. The summed E-state index contributed by atoms with van der Waals surface area (Å²) in [7, 11) is 0. The first-order chi connectivity index (χ1) is 8.65. The molecule has 0 aliphatic rings. The summed E-state index contributed by atoms with van der Waals surface area (Å²) in [6.45, 7) is 0.535. The maximum Gasteiger partial charge on any atom is 0.374 e. The molecule has 5 nitrogen and oxygen atoms in total. The van der Waals surface area contributed by atoms with Crippen LogP contribution in [-0.2, 0) is 6.54 Å². The fraction of sp³-hybridized carbons (Fsp3) is 0.0833. The number of carboxylic acids is 1. The quantitative estimate of drug-likeness (QED) is 0.886. The average Bonchev–Trinajstić information content (AvgIpc) is 2.38. The summed E-state index contributed by atoms with van der Waals surface area (Å²) in [4.78, 5) is 18.2. The summed E-state index contributed by atoms with van der Waals surface area (Å²) in [6.07, 6.45) is 1.40. The molecule has 0 aliphatic carbocycles. The fourth-order valence-electron chi connectivity index (χ4n) is 1.36. The Balaban J connectivity index is 2.04. The van der Waals surface area contributed by atoms with Crippen LogP contribution < -0.4 is 5.32 Å². The fourth-order valence-corrected chi connectivity index (χ4v) is 1.48. The predicted octanol–water partition coefficient (Wildman–Crippen LogP) is 2.44. The van der Waals surface area contributed by atoms with Crippen molar-refractivity contribution >= 4 is 23.4 Å². The van der Waals surface area contributed by atoms with Crippen LogP contribution in [0.4, 0.5) is 5.82 Å². The third kappa shape index (κ3) is 3.18. The molecule has 0 bridgehead atoms. The number of aromatic nitrogens is 2. The molecule has 0 atom stereocenters. The van der Waals surface area contributed by atoms with E-state index in [1.807, 2.05) is 12.1 Å². The molecule has 1 heterocycles. The Hall–Kier alpha value is -2.14. The van der Waals surface area contributed by atoms with Gasteiger partial charge in [0, 0.05) is 17.8 Å². The minimum absolute atomic E-state index is 0.226. The number of anilines is 1. The number of carbonyl (C=O) groups is 1. The highest BCUT2D eigenvalue weighted by atomic mass is 35.5. The SMILES string of the molecule is O=C(O)c1nccc(NCc2ccc(Cl)cc2)n1. The van der Waals surface area contributed by atoms with Gasteiger partial charge in [0.25, 0.3) is 0 Å².